The molecular formula is C29H19Cl2N3O4S. The van der Waals surface area contributed by atoms with Gasteiger partial charge in [0.25, 0.3) is 5.91 Å². The van der Waals surface area contributed by atoms with E-state index in [4.69, 9.17) is 44.3 Å². The summed E-state index contributed by atoms with van der Waals surface area (Å²) in [4.78, 5) is 25.0. The summed E-state index contributed by atoms with van der Waals surface area (Å²) in [6.07, 6.45) is 2.81. The number of hydrogen-bond donors (Lipinski definition) is 3. The van der Waals surface area contributed by atoms with Gasteiger partial charge < -0.3 is 19.5 Å². The number of thiocarbonyl (C=S) groups is 1. The smallest absolute Gasteiger partial charge is 0.291 e. The monoisotopic (exact) mass is 575 g/mol. The molecule has 5 aromatic rings. The zero-order valence-corrected chi connectivity index (χ0v) is 22.4. The van der Waals surface area contributed by atoms with Gasteiger partial charge in [-0.05, 0) is 79.0 Å². The molecule has 0 radical (unpaired) electrons. The number of fused-ring (bicyclic) bond motifs is 1. The maximum Gasteiger partial charge on any atom is 0.291 e. The van der Waals surface area contributed by atoms with Gasteiger partial charge >= 0.3 is 0 Å². The van der Waals surface area contributed by atoms with Crippen LogP contribution < -0.4 is 16.0 Å². The number of carbonyl (C=O) groups is 2. The number of benzene rings is 3. The number of rotatable bonds is 6. The third kappa shape index (κ3) is 6.56. The molecule has 0 aliphatic rings. The minimum absolute atomic E-state index is 0.0819. The lowest BCUT2D eigenvalue weighted by atomic mass is 10.2. The summed E-state index contributed by atoms with van der Waals surface area (Å²) in [5, 5.41) is 10.2. The van der Waals surface area contributed by atoms with Crippen LogP contribution in [0.15, 0.2) is 99.8 Å². The van der Waals surface area contributed by atoms with Gasteiger partial charge in [-0.25, -0.2) is 0 Å². The van der Waals surface area contributed by atoms with E-state index in [1.54, 1.807) is 66.7 Å². The first-order valence-electron chi connectivity index (χ1n) is 11.6. The summed E-state index contributed by atoms with van der Waals surface area (Å²) in [6.45, 7) is 0. The lowest BCUT2D eigenvalue weighted by Crippen LogP contribution is -2.32. The average Bonchev–Trinajstić information content (AvgIpc) is 3.55. The van der Waals surface area contributed by atoms with Crippen molar-refractivity contribution >= 4 is 80.8 Å². The van der Waals surface area contributed by atoms with Crippen molar-refractivity contribution in [3.63, 3.8) is 0 Å². The summed E-state index contributed by atoms with van der Waals surface area (Å²) in [7, 11) is 0. The van der Waals surface area contributed by atoms with E-state index in [0.29, 0.717) is 44.1 Å². The van der Waals surface area contributed by atoms with Crippen molar-refractivity contribution < 1.29 is 18.4 Å². The third-order valence-corrected chi connectivity index (χ3v) is 6.24. The highest BCUT2D eigenvalue weighted by atomic mass is 35.5. The number of amides is 2. The maximum absolute atomic E-state index is 12.6. The first-order chi connectivity index (χ1) is 18.8. The van der Waals surface area contributed by atoms with Crippen LogP contribution in [0.1, 0.15) is 16.3 Å². The Hall–Kier alpha value is -4.37. The normalized spacial score (nSPS) is 11.0. The van der Waals surface area contributed by atoms with Gasteiger partial charge in [0.15, 0.2) is 10.9 Å². The van der Waals surface area contributed by atoms with Crippen molar-refractivity contribution in [2.45, 2.75) is 0 Å². The number of furan rings is 2. The zero-order valence-electron chi connectivity index (χ0n) is 20.0. The van der Waals surface area contributed by atoms with Gasteiger partial charge in [-0.15, -0.1) is 0 Å². The van der Waals surface area contributed by atoms with E-state index in [2.05, 4.69) is 16.0 Å². The van der Waals surface area contributed by atoms with E-state index < -0.39 is 5.91 Å². The highest BCUT2D eigenvalue weighted by Gasteiger charge is 2.13. The first-order valence-corrected chi connectivity index (χ1v) is 12.8. The largest absolute Gasteiger partial charge is 0.457 e. The number of halogens is 2. The number of anilines is 2. The van der Waals surface area contributed by atoms with Crippen molar-refractivity contribution in [2.75, 3.05) is 10.6 Å². The van der Waals surface area contributed by atoms with Gasteiger partial charge in [-0.3, -0.25) is 14.9 Å². The molecule has 3 aromatic carbocycles. The lowest BCUT2D eigenvalue weighted by Gasteiger charge is -2.10. The summed E-state index contributed by atoms with van der Waals surface area (Å²) in [6, 6.07) is 24.5. The fourth-order valence-corrected chi connectivity index (χ4v) is 4.43. The molecule has 5 rings (SSSR count). The Kier molecular flexibility index (Phi) is 7.79. The summed E-state index contributed by atoms with van der Waals surface area (Å²) in [5.41, 5.74) is 2.41. The second-order valence-corrected chi connectivity index (χ2v) is 9.54. The number of para-hydroxylation sites is 1. The van der Waals surface area contributed by atoms with E-state index >= 15 is 0 Å². The Morgan fingerprint density at radius 1 is 0.821 bits per heavy atom. The molecule has 0 spiro atoms. The van der Waals surface area contributed by atoms with Crippen LogP contribution in [0.3, 0.4) is 0 Å². The van der Waals surface area contributed by atoms with Gasteiger partial charge in [0.1, 0.15) is 17.1 Å². The van der Waals surface area contributed by atoms with Crippen molar-refractivity contribution in [1.82, 2.24) is 5.32 Å². The molecule has 194 valence electrons. The van der Waals surface area contributed by atoms with Gasteiger partial charge in [0.2, 0.25) is 5.91 Å². The highest BCUT2D eigenvalue weighted by molar-refractivity contribution is 7.80. The molecule has 0 saturated carbocycles. The minimum atomic E-state index is -0.454. The topological polar surface area (TPSA) is 96.5 Å². The highest BCUT2D eigenvalue weighted by Crippen LogP contribution is 2.31. The molecule has 0 bridgehead atoms. The molecule has 0 unspecified atom stereocenters. The van der Waals surface area contributed by atoms with Crippen molar-refractivity contribution in [1.29, 1.82) is 0 Å². The summed E-state index contributed by atoms with van der Waals surface area (Å²) in [5.74, 6) is 0.358. The van der Waals surface area contributed by atoms with E-state index in [9.17, 15) is 9.59 Å². The molecule has 2 amide bonds. The molecule has 10 heteroatoms. The summed E-state index contributed by atoms with van der Waals surface area (Å²) < 4.78 is 11.4. The molecule has 2 aromatic heterocycles. The van der Waals surface area contributed by atoms with Crippen LogP contribution in [0.4, 0.5) is 11.4 Å². The SMILES string of the molecule is O=C(/C=C/c1ccc(-c2ccc(Cl)cc2Cl)o1)NC(=S)Nc1cccc(NC(=O)c2cc3ccccc3o2)c1. The van der Waals surface area contributed by atoms with Crippen molar-refractivity contribution in [3.05, 3.63) is 113 Å². The lowest BCUT2D eigenvalue weighted by molar-refractivity contribution is -0.115. The maximum atomic E-state index is 12.6. The van der Waals surface area contributed by atoms with Gasteiger partial charge in [0, 0.05) is 33.4 Å². The number of carbonyl (C=O) groups excluding carboxylic acids is 2. The van der Waals surface area contributed by atoms with E-state index in [1.807, 2.05) is 18.2 Å². The van der Waals surface area contributed by atoms with Crippen LogP contribution in [0.2, 0.25) is 10.0 Å². The van der Waals surface area contributed by atoms with Gasteiger partial charge in [-0.2, -0.15) is 0 Å². The summed E-state index contributed by atoms with van der Waals surface area (Å²) >= 11 is 17.4. The van der Waals surface area contributed by atoms with Crippen molar-refractivity contribution in [2.24, 2.45) is 0 Å². The number of hydrogen-bond acceptors (Lipinski definition) is 5. The molecule has 0 aliphatic carbocycles. The molecular weight excluding hydrogens is 557 g/mol. The quantitative estimate of drug-likeness (QED) is 0.141. The minimum Gasteiger partial charge on any atom is -0.457 e. The third-order valence-electron chi connectivity index (χ3n) is 5.49. The van der Waals surface area contributed by atoms with Crippen LogP contribution in [-0.4, -0.2) is 16.9 Å². The van der Waals surface area contributed by atoms with Gasteiger partial charge in [-0.1, -0.05) is 47.5 Å². The second-order valence-electron chi connectivity index (χ2n) is 8.29. The average molecular weight is 576 g/mol. The Labute approximate surface area is 238 Å². The molecule has 2 heterocycles. The fourth-order valence-electron chi connectivity index (χ4n) is 3.71. The predicted molar refractivity (Wildman–Crippen MR) is 158 cm³/mol. The van der Waals surface area contributed by atoms with E-state index in [1.165, 1.54) is 12.2 Å². The van der Waals surface area contributed by atoms with Crippen LogP contribution in [0.5, 0.6) is 0 Å². The van der Waals surface area contributed by atoms with Crippen LogP contribution >= 0.6 is 35.4 Å². The standard InChI is InChI=1S/C29H19Cl2N3O4S/c30-18-8-11-22(23(31)15-18)25-12-9-21(37-25)10-13-27(35)34-29(39)33-20-6-3-5-19(16-20)32-28(36)26-14-17-4-1-2-7-24(17)38-26/h1-16H,(H,32,36)(H2,33,34,35,39)/b13-10+. The van der Waals surface area contributed by atoms with E-state index in [-0.39, 0.29) is 16.8 Å². The van der Waals surface area contributed by atoms with Gasteiger partial charge in [0.05, 0.1) is 5.02 Å². The first kappa shape index (κ1) is 26.2. The second kappa shape index (κ2) is 11.6. The number of nitrogens with one attached hydrogen (secondary N) is 3. The van der Waals surface area contributed by atoms with Crippen LogP contribution in [-0.2, 0) is 4.79 Å². The van der Waals surface area contributed by atoms with Crippen LogP contribution in [0, 0.1) is 0 Å². The predicted octanol–water partition coefficient (Wildman–Crippen LogP) is 7.78. The molecule has 39 heavy (non-hydrogen) atoms. The fraction of sp³-hybridized carbons (Fsp3) is 0. The zero-order chi connectivity index (χ0) is 27.4. The Morgan fingerprint density at radius 3 is 2.41 bits per heavy atom. The van der Waals surface area contributed by atoms with Crippen LogP contribution in [0.25, 0.3) is 28.4 Å². The molecule has 3 N–H and O–H groups in total. The molecule has 0 saturated heterocycles. The molecule has 0 fully saturated rings. The molecule has 7 nitrogen and oxygen atoms in total. The molecule has 0 atom stereocenters. The van der Waals surface area contributed by atoms with Crippen molar-refractivity contribution in [3.8, 4) is 11.3 Å². The Balaban J connectivity index is 1.16. The van der Waals surface area contributed by atoms with E-state index in [0.717, 1.165) is 5.39 Å². The Bertz CT molecular complexity index is 1710. The Morgan fingerprint density at radius 2 is 1.62 bits per heavy atom. The molecule has 0 aliphatic heterocycles.